The van der Waals surface area contributed by atoms with Gasteiger partial charge in [-0.05, 0) is 18.2 Å². The monoisotopic (exact) mass is 238 g/mol. The van der Waals surface area contributed by atoms with Gasteiger partial charge in [0.05, 0.1) is 12.8 Å². The zero-order valence-electron chi connectivity index (χ0n) is 8.70. The van der Waals surface area contributed by atoms with Gasteiger partial charge in [-0.25, -0.2) is 5.10 Å². The van der Waals surface area contributed by atoms with Gasteiger partial charge < -0.3 is 10.1 Å². The second-order valence-electron chi connectivity index (χ2n) is 3.23. The maximum absolute atomic E-state index is 5.92. The lowest BCUT2D eigenvalue weighted by atomic mass is 10.2. The lowest BCUT2D eigenvalue weighted by molar-refractivity contribution is 0.185. The fourth-order valence-electron chi connectivity index (χ4n) is 1.36. The topological polar surface area (TPSA) is 62.8 Å². The molecule has 2 rings (SSSR count). The second-order valence-corrected chi connectivity index (χ2v) is 3.67. The number of aromatic nitrogens is 3. The van der Waals surface area contributed by atoms with Crippen molar-refractivity contribution in [1.82, 2.24) is 15.4 Å². The third kappa shape index (κ3) is 2.50. The van der Waals surface area contributed by atoms with Crippen molar-refractivity contribution in [2.45, 2.75) is 6.61 Å². The molecule has 2 N–H and O–H groups in total. The third-order valence-electron chi connectivity index (χ3n) is 2.05. The number of aromatic amines is 1. The molecule has 1 aromatic heterocycles. The highest BCUT2D eigenvalue weighted by Crippen LogP contribution is 2.23. The minimum atomic E-state index is 0.491. The number of ether oxygens (including phenoxy) is 1. The fourth-order valence-corrected chi connectivity index (χ4v) is 1.56. The minimum absolute atomic E-state index is 0.491. The summed E-state index contributed by atoms with van der Waals surface area (Å²) in [5, 5.41) is 13.9. The van der Waals surface area contributed by atoms with Gasteiger partial charge in [0, 0.05) is 23.4 Å². The highest BCUT2D eigenvalue weighted by Gasteiger charge is 2.04. The second kappa shape index (κ2) is 4.96. The molecule has 0 fully saturated rings. The maximum Gasteiger partial charge on any atom is 0.146 e. The standard InChI is InChI=1S/C10H11ClN4O/c1-16-6-7-4-8(11)2-3-9(7)13-10-5-12-15-14-10/h2-5H,6H2,1H3,(H2,12,13,14,15). The first-order chi connectivity index (χ1) is 7.79. The summed E-state index contributed by atoms with van der Waals surface area (Å²) < 4.78 is 5.10. The van der Waals surface area contributed by atoms with E-state index in [1.807, 2.05) is 18.2 Å². The molecule has 6 heteroatoms. The van der Waals surface area contributed by atoms with Gasteiger partial charge in [-0.1, -0.05) is 16.8 Å². The Kier molecular flexibility index (Phi) is 3.38. The molecule has 0 saturated heterocycles. The van der Waals surface area contributed by atoms with Gasteiger partial charge in [0.25, 0.3) is 0 Å². The lowest BCUT2D eigenvalue weighted by Crippen LogP contribution is -1.97. The van der Waals surface area contributed by atoms with Crippen molar-refractivity contribution in [3.8, 4) is 0 Å². The SMILES string of the molecule is COCc1cc(Cl)ccc1Nc1cnn[nH]1. The smallest absolute Gasteiger partial charge is 0.146 e. The van der Waals surface area contributed by atoms with Crippen molar-refractivity contribution in [1.29, 1.82) is 0 Å². The molecule has 0 amide bonds. The van der Waals surface area contributed by atoms with E-state index in [1.165, 1.54) is 0 Å². The van der Waals surface area contributed by atoms with E-state index in [0.717, 1.165) is 17.1 Å². The molecule has 0 spiro atoms. The van der Waals surface area contributed by atoms with Gasteiger partial charge in [-0.15, -0.1) is 5.10 Å². The molecule has 0 aliphatic rings. The van der Waals surface area contributed by atoms with E-state index in [-0.39, 0.29) is 0 Å². The molecule has 0 aliphatic carbocycles. The van der Waals surface area contributed by atoms with Gasteiger partial charge in [-0.3, -0.25) is 0 Å². The van der Waals surface area contributed by atoms with Crippen LogP contribution in [0.2, 0.25) is 5.02 Å². The summed E-state index contributed by atoms with van der Waals surface area (Å²) in [5.74, 6) is 0.722. The van der Waals surface area contributed by atoms with E-state index in [2.05, 4.69) is 20.7 Å². The minimum Gasteiger partial charge on any atom is -0.380 e. The molecule has 0 aliphatic heterocycles. The number of anilines is 2. The number of H-pyrrole nitrogens is 1. The zero-order valence-corrected chi connectivity index (χ0v) is 9.45. The summed E-state index contributed by atoms with van der Waals surface area (Å²) in [5.41, 5.74) is 1.89. The maximum atomic E-state index is 5.92. The lowest BCUT2D eigenvalue weighted by Gasteiger charge is -2.10. The largest absolute Gasteiger partial charge is 0.380 e. The van der Waals surface area contributed by atoms with Crippen LogP contribution in [0.5, 0.6) is 0 Å². The zero-order chi connectivity index (χ0) is 11.4. The molecule has 16 heavy (non-hydrogen) atoms. The molecule has 84 valence electrons. The average molecular weight is 239 g/mol. The van der Waals surface area contributed by atoms with Gasteiger partial charge in [0.15, 0.2) is 0 Å². The van der Waals surface area contributed by atoms with Crippen LogP contribution in [0.25, 0.3) is 0 Å². The molecule has 1 heterocycles. The van der Waals surface area contributed by atoms with Gasteiger partial charge in [0.2, 0.25) is 0 Å². The van der Waals surface area contributed by atoms with Crippen molar-refractivity contribution in [3.05, 3.63) is 35.0 Å². The number of methoxy groups -OCH3 is 1. The van der Waals surface area contributed by atoms with Crippen molar-refractivity contribution < 1.29 is 4.74 Å². The Morgan fingerprint density at radius 2 is 2.38 bits per heavy atom. The quantitative estimate of drug-likeness (QED) is 0.858. The Balaban J connectivity index is 2.25. The average Bonchev–Trinajstić information content (AvgIpc) is 2.75. The number of nitrogens with one attached hydrogen (secondary N) is 2. The first-order valence-electron chi connectivity index (χ1n) is 4.70. The van der Waals surface area contributed by atoms with E-state index in [1.54, 1.807) is 13.3 Å². The predicted molar refractivity (Wildman–Crippen MR) is 61.8 cm³/mol. The summed E-state index contributed by atoms with van der Waals surface area (Å²) in [4.78, 5) is 0. The molecule has 0 bridgehead atoms. The molecule has 0 saturated carbocycles. The van der Waals surface area contributed by atoms with Crippen molar-refractivity contribution in [3.63, 3.8) is 0 Å². The van der Waals surface area contributed by atoms with E-state index in [4.69, 9.17) is 16.3 Å². The Labute approximate surface area is 97.8 Å². The van der Waals surface area contributed by atoms with Crippen LogP contribution >= 0.6 is 11.6 Å². The van der Waals surface area contributed by atoms with Crippen LogP contribution in [0.1, 0.15) is 5.56 Å². The van der Waals surface area contributed by atoms with Crippen LogP contribution in [-0.4, -0.2) is 22.5 Å². The number of rotatable bonds is 4. The number of hydrogen-bond acceptors (Lipinski definition) is 4. The van der Waals surface area contributed by atoms with Gasteiger partial charge in [0.1, 0.15) is 5.82 Å². The summed E-state index contributed by atoms with van der Waals surface area (Å²) in [6.07, 6.45) is 1.60. The number of hydrogen-bond donors (Lipinski definition) is 2. The van der Waals surface area contributed by atoms with Gasteiger partial charge in [-0.2, -0.15) is 0 Å². The van der Waals surface area contributed by atoms with E-state index in [0.29, 0.717) is 11.6 Å². The molecular formula is C10H11ClN4O. The van der Waals surface area contributed by atoms with Crippen LogP contribution in [0, 0.1) is 0 Å². The summed E-state index contributed by atoms with van der Waals surface area (Å²) in [7, 11) is 1.64. The van der Waals surface area contributed by atoms with Crippen molar-refractivity contribution in [2.24, 2.45) is 0 Å². The Bertz CT molecular complexity index is 458. The van der Waals surface area contributed by atoms with E-state index in [9.17, 15) is 0 Å². The first-order valence-corrected chi connectivity index (χ1v) is 5.08. The Hall–Kier alpha value is -1.59. The molecule has 2 aromatic rings. The molecule has 5 nitrogen and oxygen atoms in total. The molecule has 0 unspecified atom stereocenters. The number of nitrogens with zero attached hydrogens (tertiary/aromatic N) is 2. The summed E-state index contributed by atoms with van der Waals surface area (Å²) in [6, 6.07) is 5.56. The number of halogens is 1. The van der Waals surface area contributed by atoms with Crippen LogP contribution in [0.15, 0.2) is 24.4 Å². The molecule has 1 aromatic carbocycles. The van der Waals surface area contributed by atoms with Crippen LogP contribution in [0.3, 0.4) is 0 Å². The fraction of sp³-hybridized carbons (Fsp3) is 0.200. The van der Waals surface area contributed by atoms with Crippen molar-refractivity contribution >= 4 is 23.1 Å². The van der Waals surface area contributed by atoms with Crippen LogP contribution in [-0.2, 0) is 11.3 Å². The summed E-state index contributed by atoms with van der Waals surface area (Å²) >= 11 is 5.92. The molecule has 0 radical (unpaired) electrons. The first kappa shape index (κ1) is 10.9. The predicted octanol–water partition coefficient (Wildman–Crippen LogP) is 2.35. The van der Waals surface area contributed by atoms with E-state index >= 15 is 0 Å². The molecular weight excluding hydrogens is 228 g/mol. The Morgan fingerprint density at radius 3 is 3.06 bits per heavy atom. The normalized spacial score (nSPS) is 10.4. The summed E-state index contributed by atoms with van der Waals surface area (Å²) in [6.45, 7) is 0.491. The number of benzene rings is 1. The molecule has 0 atom stereocenters. The van der Waals surface area contributed by atoms with Gasteiger partial charge >= 0.3 is 0 Å². The third-order valence-corrected chi connectivity index (χ3v) is 2.29. The highest BCUT2D eigenvalue weighted by molar-refractivity contribution is 6.30. The van der Waals surface area contributed by atoms with Crippen molar-refractivity contribution in [2.75, 3.05) is 12.4 Å². The van der Waals surface area contributed by atoms with Crippen LogP contribution < -0.4 is 5.32 Å². The van der Waals surface area contributed by atoms with Crippen LogP contribution in [0.4, 0.5) is 11.5 Å². The Morgan fingerprint density at radius 1 is 1.50 bits per heavy atom. The van der Waals surface area contributed by atoms with E-state index < -0.39 is 0 Å². The highest BCUT2D eigenvalue weighted by atomic mass is 35.5.